The summed E-state index contributed by atoms with van der Waals surface area (Å²) in [6.07, 6.45) is 1.79. The van der Waals surface area contributed by atoms with E-state index in [4.69, 9.17) is 16.3 Å². The van der Waals surface area contributed by atoms with Crippen molar-refractivity contribution in [3.05, 3.63) is 99.6 Å². The van der Waals surface area contributed by atoms with Crippen LogP contribution in [0.1, 0.15) is 16.7 Å². The van der Waals surface area contributed by atoms with Crippen molar-refractivity contribution in [2.24, 2.45) is 0 Å². The van der Waals surface area contributed by atoms with E-state index in [9.17, 15) is 15.4 Å². The molecule has 0 unspecified atom stereocenters. The molecule has 3 aromatic carbocycles. The number of rotatable bonds is 6. The fraction of sp³-hybridized carbons (Fsp3) is 0.0455. The van der Waals surface area contributed by atoms with Gasteiger partial charge in [-0.1, -0.05) is 41.9 Å². The Morgan fingerprint density at radius 1 is 1.13 bits per heavy atom. The van der Waals surface area contributed by atoms with E-state index >= 15 is 0 Å². The predicted octanol–water partition coefficient (Wildman–Crippen LogP) is 7.10. The van der Waals surface area contributed by atoms with Crippen molar-refractivity contribution in [1.82, 2.24) is 0 Å². The minimum Gasteiger partial charge on any atom is -0.487 e. The van der Waals surface area contributed by atoms with Crippen LogP contribution in [0.5, 0.6) is 5.75 Å². The fourth-order valence-electron chi connectivity index (χ4n) is 2.73. The van der Waals surface area contributed by atoms with Gasteiger partial charge in [-0.25, -0.2) is 0 Å². The quantitative estimate of drug-likeness (QED) is 0.0946. The topological polar surface area (TPSA) is 76.2 Å². The number of hydrogen-bond acceptors (Lipinski definition) is 4. The fourth-order valence-corrected chi connectivity index (χ4v) is 5.10. The molecule has 0 amide bonds. The molecule has 0 N–H and O–H groups in total. The highest BCUT2D eigenvalue weighted by Crippen LogP contribution is 2.32. The molecule has 0 fully saturated rings. The Balaban J connectivity index is 1.85. The van der Waals surface area contributed by atoms with E-state index in [0.717, 1.165) is 12.7 Å². The molecule has 0 aliphatic heterocycles. The zero-order valence-electron chi connectivity index (χ0n) is 15.3. The average Bonchev–Trinajstić information content (AvgIpc) is 2.72. The number of nitrogens with zero attached hydrogens (tertiary/aromatic N) is 2. The highest BCUT2D eigenvalue weighted by Gasteiger charge is 2.12. The Bertz CT molecular complexity index is 1170. The first-order chi connectivity index (χ1) is 14.4. The Kier molecular flexibility index (Phi) is 7.69. The molecule has 0 aliphatic rings. The van der Waals surface area contributed by atoms with Crippen molar-refractivity contribution in [2.45, 2.75) is 6.61 Å². The van der Waals surface area contributed by atoms with Gasteiger partial charge in [0.05, 0.1) is 23.7 Å². The van der Waals surface area contributed by atoms with Gasteiger partial charge in [0, 0.05) is 22.7 Å². The Morgan fingerprint density at radius 3 is 2.47 bits per heavy atom. The first-order valence-corrected chi connectivity index (χ1v) is 11.1. The molecular formula is C22H13ClI2N2O3. The molecule has 0 atom stereocenters. The van der Waals surface area contributed by atoms with Gasteiger partial charge in [0.1, 0.15) is 12.4 Å². The second-order valence-corrected chi connectivity index (χ2v) is 8.91. The zero-order valence-corrected chi connectivity index (χ0v) is 20.4. The highest BCUT2D eigenvalue weighted by atomic mass is 127. The van der Waals surface area contributed by atoms with Crippen molar-refractivity contribution < 1.29 is 9.66 Å². The minimum atomic E-state index is -0.427. The lowest BCUT2D eigenvalue weighted by Crippen LogP contribution is -2.00. The molecule has 0 saturated carbocycles. The molecule has 0 saturated heterocycles. The summed E-state index contributed by atoms with van der Waals surface area (Å²) in [7, 11) is 0. The Hall–Kier alpha value is -2.16. The molecule has 0 heterocycles. The molecule has 3 aromatic rings. The van der Waals surface area contributed by atoms with Gasteiger partial charge >= 0.3 is 0 Å². The summed E-state index contributed by atoms with van der Waals surface area (Å²) in [6.45, 7) is 0.214. The summed E-state index contributed by atoms with van der Waals surface area (Å²) in [6, 6.07) is 19.6. The largest absolute Gasteiger partial charge is 0.487 e. The van der Waals surface area contributed by atoms with Crippen LogP contribution in [0.15, 0.2) is 60.7 Å². The van der Waals surface area contributed by atoms with E-state index in [1.807, 2.05) is 30.3 Å². The number of nitriles is 1. The van der Waals surface area contributed by atoms with Crippen LogP contribution in [-0.2, 0) is 6.61 Å². The van der Waals surface area contributed by atoms with Crippen LogP contribution in [0.25, 0.3) is 11.6 Å². The molecule has 0 aromatic heterocycles. The van der Waals surface area contributed by atoms with Gasteiger partial charge in [-0.3, -0.25) is 10.1 Å². The number of nitro groups is 1. The van der Waals surface area contributed by atoms with E-state index < -0.39 is 4.92 Å². The lowest BCUT2D eigenvalue weighted by molar-refractivity contribution is -0.384. The van der Waals surface area contributed by atoms with Crippen LogP contribution in [0.3, 0.4) is 0 Å². The number of benzene rings is 3. The minimum absolute atomic E-state index is 0.0320. The third kappa shape index (κ3) is 5.50. The van der Waals surface area contributed by atoms with Crippen LogP contribution >= 0.6 is 56.8 Å². The van der Waals surface area contributed by atoms with Crippen molar-refractivity contribution >= 4 is 74.1 Å². The van der Waals surface area contributed by atoms with Crippen LogP contribution in [0.4, 0.5) is 5.69 Å². The summed E-state index contributed by atoms with van der Waals surface area (Å²) >= 11 is 10.6. The smallest absolute Gasteiger partial charge is 0.269 e. The molecule has 5 nitrogen and oxygen atoms in total. The van der Waals surface area contributed by atoms with Gasteiger partial charge in [0.2, 0.25) is 0 Å². The number of nitro benzene ring substituents is 1. The van der Waals surface area contributed by atoms with Crippen molar-refractivity contribution in [3.8, 4) is 11.8 Å². The second-order valence-electron chi connectivity index (χ2n) is 6.18. The SMILES string of the molecule is N#CC(=Cc1cc(I)c(OCc2cccc([N+](=O)[O-])c2)c(I)c1)c1ccccc1Cl. The lowest BCUT2D eigenvalue weighted by Gasteiger charge is -2.12. The maximum absolute atomic E-state index is 10.9. The highest BCUT2D eigenvalue weighted by molar-refractivity contribution is 14.1. The molecule has 0 bridgehead atoms. The molecule has 3 rings (SSSR count). The van der Waals surface area contributed by atoms with Gasteiger partial charge in [-0.15, -0.1) is 0 Å². The van der Waals surface area contributed by atoms with Crippen LogP contribution in [0.2, 0.25) is 5.02 Å². The molecule has 0 spiro atoms. The van der Waals surface area contributed by atoms with Gasteiger partial charge in [-0.05, 0) is 80.6 Å². The average molecular weight is 643 g/mol. The summed E-state index contributed by atoms with van der Waals surface area (Å²) < 4.78 is 7.67. The number of ether oxygens (including phenoxy) is 1. The zero-order chi connectivity index (χ0) is 21.7. The Labute approximate surface area is 205 Å². The molecule has 8 heteroatoms. The van der Waals surface area contributed by atoms with Gasteiger partial charge in [0.25, 0.3) is 5.69 Å². The molecule has 150 valence electrons. The maximum Gasteiger partial charge on any atom is 0.269 e. The van der Waals surface area contributed by atoms with E-state index in [0.29, 0.717) is 27.5 Å². The van der Waals surface area contributed by atoms with Crippen molar-refractivity contribution in [1.29, 1.82) is 5.26 Å². The van der Waals surface area contributed by atoms with E-state index in [-0.39, 0.29) is 12.3 Å². The number of non-ortho nitro benzene ring substituents is 1. The van der Waals surface area contributed by atoms with E-state index in [1.165, 1.54) is 12.1 Å². The van der Waals surface area contributed by atoms with Crippen molar-refractivity contribution in [2.75, 3.05) is 0 Å². The standard InChI is InChI=1S/C22H13ClI2N2O3/c23-19-7-2-1-6-18(19)16(12-26)8-15-10-20(24)22(21(25)11-15)30-13-14-4-3-5-17(9-14)27(28)29/h1-11H,13H2. The number of hydrogen-bond donors (Lipinski definition) is 0. The van der Waals surface area contributed by atoms with Crippen LogP contribution in [-0.4, -0.2) is 4.92 Å². The third-order valence-electron chi connectivity index (χ3n) is 4.12. The number of allylic oxidation sites excluding steroid dienone is 1. The number of halogens is 3. The second kappa shape index (κ2) is 10.2. The lowest BCUT2D eigenvalue weighted by atomic mass is 10.0. The summed E-state index contributed by atoms with van der Waals surface area (Å²) in [4.78, 5) is 10.5. The molecule has 30 heavy (non-hydrogen) atoms. The summed E-state index contributed by atoms with van der Waals surface area (Å²) in [5.41, 5.74) is 2.74. The molecular weight excluding hydrogens is 630 g/mol. The van der Waals surface area contributed by atoms with E-state index in [1.54, 1.807) is 24.3 Å². The normalized spacial score (nSPS) is 11.1. The molecule has 0 radical (unpaired) electrons. The summed E-state index contributed by atoms with van der Waals surface area (Å²) in [5, 5.41) is 21.0. The van der Waals surface area contributed by atoms with Crippen LogP contribution in [0, 0.1) is 28.6 Å². The molecule has 0 aliphatic carbocycles. The van der Waals surface area contributed by atoms with Gasteiger partial charge < -0.3 is 4.74 Å². The van der Waals surface area contributed by atoms with Gasteiger partial charge in [0.15, 0.2) is 0 Å². The van der Waals surface area contributed by atoms with Crippen LogP contribution < -0.4 is 4.74 Å². The maximum atomic E-state index is 10.9. The van der Waals surface area contributed by atoms with E-state index in [2.05, 4.69) is 51.3 Å². The third-order valence-corrected chi connectivity index (χ3v) is 6.05. The summed E-state index contributed by atoms with van der Waals surface area (Å²) in [5.74, 6) is 0.691. The monoisotopic (exact) mass is 642 g/mol. The predicted molar refractivity (Wildman–Crippen MR) is 134 cm³/mol. The first-order valence-electron chi connectivity index (χ1n) is 8.61. The first kappa shape index (κ1) is 22.5. The van der Waals surface area contributed by atoms with Gasteiger partial charge in [-0.2, -0.15) is 5.26 Å². The van der Waals surface area contributed by atoms with Crippen molar-refractivity contribution in [3.63, 3.8) is 0 Å². The Morgan fingerprint density at radius 2 is 1.83 bits per heavy atom.